The predicted molar refractivity (Wildman–Crippen MR) is 105 cm³/mol. The van der Waals surface area contributed by atoms with Crippen molar-refractivity contribution in [1.29, 1.82) is 5.41 Å². The minimum Gasteiger partial charge on any atom is -0.326 e. The molecule has 2 heterocycles. The normalized spacial score (nSPS) is 19.0. The van der Waals surface area contributed by atoms with Crippen molar-refractivity contribution in [3.63, 3.8) is 0 Å². The molecule has 0 saturated heterocycles. The molecule has 4 rings (SSSR count). The smallest absolute Gasteiger partial charge is 0.241 e. The lowest BCUT2D eigenvalue weighted by molar-refractivity contribution is -0.121. The lowest BCUT2D eigenvalue weighted by Gasteiger charge is -2.16. The number of nitrogens with one attached hydrogen (secondary N) is 2. The third-order valence-electron chi connectivity index (χ3n) is 4.11. The van der Waals surface area contributed by atoms with E-state index in [0.717, 1.165) is 29.8 Å². The fourth-order valence-electron chi connectivity index (χ4n) is 2.61. The van der Waals surface area contributed by atoms with Gasteiger partial charge in [-0.15, -0.1) is 11.3 Å². The molecule has 2 aromatic rings. The number of thioether (sulfide) groups is 1. The summed E-state index contributed by atoms with van der Waals surface area (Å²) in [7, 11) is 0. The number of hydrogen-bond donors (Lipinski definition) is 2. The van der Waals surface area contributed by atoms with Gasteiger partial charge in [-0.1, -0.05) is 23.9 Å². The maximum Gasteiger partial charge on any atom is 0.241 e. The summed E-state index contributed by atoms with van der Waals surface area (Å²) in [5.74, 6) is 0.650. The molecule has 27 heavy (non-hydrogen) atoms. The average molecular weight is 421 g/mol. The molecule has 1 unspecified atom stereocenters. The number of aromatic nitrogens is 4. The summed E-state index contributed by atoms with van der Waals surface area (Å²) in [4.78, 5) is 26.0. The molecule has 10 heteroatoms. The maximum absolute atomic E-state index is 11.8. The van der Waals surface area contributed by atoms with Gasteiger partial charge in [0.1, 0.15) is 0 Å². The van der Waals surface area contributed by atoms with E-state index in [1.165, 1.54) is 23.1 Å². The molecular weight excluding hydrogens is 404 g/mol. The molecule has 0 radical (unpaired) electrons. The summed E-state index contributed by atoms with van der Waals surface area (Å²) in [5, 5.41) is 11.7. The highest BCUT2D eigenvalue weighted by Crippen LogP contribution is 2.30. The van der Waals surface area contributed by atoms with Crippen LogP contribution in [-0.4, -0.2) is 30.7 Å². The van der Waals surface area contributed by atoms with Crippen LogP contribution in [0.2, 0.25) is 5.28 Å². The van der Waals surface area contributed by atoms with E-state index in [-0.39, 0.29) is 22.4 Å². The van der Waals surface area contributed by atoms with Crippen molar-refractivity contribution in [3.05, 3.63) is 45.1 Å². The Morgan fingerprint density at radius 2 is 2.22 bits per heavy atom. The Morgan fingerprint density at radius 1 is 1.41 bits per heavy atom. The van der Waals surface area contributed by atoms with E-state index in [2.05, 4.69) is 20.3 Å². The fraction of sp³-hybridized carbons (Fsp3) is 0.353. The second-order valence-electron chi connectivity index (χ2n) is 6.38. The Labute approximate surface area is 169 Å². The van der Waals surface area contributed by atoms with Gasteiger partial charge in [0.15, 0.2) is 9.96 Å². The number of thiazole rings is 1. The van der Waals surface area contributed by atoms with Gasteiger partial charge in [-0.25, -0.2) is 0 Å². The van der Waals surface area contributed by atoms with Crippen molar-refractivity contribution in [3.8, 4) is 5.95 Å². The molecule has 1 fully saturated rings. The molecule has 1 atom stereocenters. The Bertz CT molecular complexity index is 1010. The van der Waals surface area contributed by atoms with Gasteiger partial charge in [0.2, 0.25) is 17.1 Å². The van der Waals surface area contributed by atoms with Gasteiger partial charge in [-0.3, -0.25) is 14.8 Å². The van der Waals surface area contributed by atoms with Crippen LogP contribution in [-0.2, 0) is 4.79 Å². The van der Waals surface area contributed by atoms with Crippen LogP contribution in [0.1, 0.15) is 24.1 Å². The molecule has 2 N–H and O–H groups in total. The zero-order valence-electron chi connectivity index (χ0n) is 14.5. The minimum absolute atomic E-state index is 0.103. The van der Waals surface area contributed by atoms with Gasteiger partial charge in [-0.05, 0) is 43.9 Å². The largest absolute Gasteiger partial charge is 0.326 e. The topological polar surface area (TPSA) is 96.6 Å². The fourth-order valence-corrected chi connectivity index (χ4v) is 4.40. The number of carbonyl (C=O) groups is 1. The van der Waals surface area contributed by atoms with Gasteiger partial charge >= 0.3 is 0 Å². The van der Waals surface area contributed by atoms with Crippen LogP contribution in [0.3, 0.4) is 0 Å². The first-order chi connectivity index (χ1) is 13.0. The molecule has 140 valence electrons. The zero-order chi connectivity index (χ0) is 19.0. The lowest BCUT2D eigenvalue weighted by Crippen LogP contribution is -2.24. The number of amides is 1. The second-order valence-corrected chi connectivity index (χ2v) is 9.16. The quantitative estimate of drug-likeness (QED) is 0.775. The van der Waals surface area contributed by atoms with Crippen molar-refractivity contribution in [2.24, 2.45) is 5.92 Å². The SMILES string of the molecule is Cc1cn(-c2nc(Cl)nc(SC3C=CC(NC(=O)C4CC4)=CC3)n2)c(=N)s1. The summed E-state index contributed by atoms with van der Waals surface area (Å²) >= 11 is 8.90. The molecule has 1 saturated carbocycles. The van der Waals surface area contributed by atoms with E-state index in [9.17, 15) is 4.79 Å². The van der Waals surface area contributed by atoms with Crippen LogP contribution in [0.25, 0.3) is 5.95 Å². The third kappa shape index (κ3) is 4.48. The standard InChI is InChI=1S/C17H17ClN6OS2/c1-9-8-24(15(19)26-9)16-21-14(18)22-17(23-16)27-12-6-4-11(5-7-12)20-13(25)10-2-3-10/h4-6,8,10,12,19H,2-3,7H2,1H3,(H,20,25). The number of halogens is 1. The van der Waals surface area contributed by atoms with Crippen LogP contribution in [0.5, 0.6) is 0 Å². The van der Waals surface area contributed by atoms with Crippen molar-refractivity contribution in [2.75, 3.05) is 0 Å². The van der Waals surface area contributed by atoms with Gasteiger partial charge in [0, 0.05) is 27.9 Å². The van der Waals surface area contributed by atoms with E-state index in [0.29, 0.717) is 15.9 Å². The van der Waals surface area contributed by atoms with Gasteiger partial charge in [0.05, 0.1) is 0 Å². The molecule has 0 aliphatic heterocycles. The first kappa shape index (κ1) is 18.4. The van der Waals surface area contributed by atoms with Crippen LogP contribution in [0, 0.1) is 18.3 Å². The Hall–Kier alpha value is -1.97. The summed E-state index contributed by atoms with van der Waals surface area (Å²) in [6, 6.07) is 0. The summed E-state index contributed by atoms with van der Waals surface area (Å²) in [6.45, 7) is 1.93. The van der Waals surface area contributed by atoms with Crippen LogP contribution in [0.4, 0.5) is 0 Å². The summed E-state index contributed by atoms with van der Waals surface area (Å²) < 4.78 is 1.60. The molecule has 0 bridgehead atoms. The Kier molecular flexibility index (Phi) is 5.16. The lowest BCUT2D eigenvalue weighted by atomic mass is 10.1. The molecule has 2 aliphatic rings. The average Bonchev–Trinajstić information content (AvgIpc) is 3.41. The van der Waals surface area contributed by atoms with Crippen molar-refractivity contribution in [1.82, 2.24) is 24.8 Å². The molecule has 2 aliphatic carbocycles. The number of rotatable bonds is 5. The second kappa shape index (κ2) is 7.57. The summed E-state index contributed by atoms with van der Waals surface area (Å²) in [6.07, 6.45) is 10.5. The molecule has 0 aromatic carbocycles. The van der Waals surface area contributed by atoms with Crippen LogP contribution in [0.15, 0.2) is 35.3 Å². The van der Waals surface area contributed by atoms with Crippen LogP contribution < -0.4 is 10.1 Å². The van der Waals surface area contributed by atoms with Crippen molar-refractivity contribution < 1.29 is 4.79 Å². The molecule has 0 spiro atoms. The highest BCUT2D eigenvalue weighted by atomic mass is 35.5. The number of nitrogens with zero attached hydrogens (tertiary/aromatic N) is 4. The van der Waals surface area contributed by atoms with E-state index in [4.69, 9.17) is 17.0 Å². The monoisotopic (exact) mass is 420 g/mol. The Balaban J connectivity index is 1.45. The van der Waals surface area contributed by atoms with Gasteiger partial charge < -0.3 is 5.32 Å². The van der Waals surface area contributed by atoms with Gasteiger partial charge in [-0.2, -0.15) is 15.0 Å². The molecule has 2 aromatic heterocycles. The zero-order valence-corrected chi connectivity index (χ0v) is 16.9. The van der Waals surface area contributed by atoms with Crippen molar-refractivity contribution in [2.45, 2.75) is 36.6 Å². The number of aryl methyl sites for hydroxylation is 1. The van der Waals surface area contributed by atoms with E-state index < -0.39 is 0 Å². The highest BCUT2D eigenvalue weighted by molar-refractivity contribution is 7.99. The molecular formula is C17H17ClN6OS2. The van der Waals surface area contributed by atoms with Crippen LogP contribution >= 0.6 is 34.7 Å². The number of allylic oxidation sites excluding steroid dienone is 2. The first-order valence-corrected chi connectivity index (χ1v) is 10.6. The maximum atomic E-state index is 11.8. The summed E-state index contributed by atoms with van der Waals surface area (Å²) in [5.41, 5.74) is 0.848. The number of carbonyl (C=O) groups excluding carboxylic acids is 1. The van der Waals surface area contributed by atoms with Crippen molar-refractivity contribution >= 4 is 40.6 Å². The number of hydrogen-bond acceptors (Lipinski definition) is 7. The van der Waals surface area contributed by atoms with E-state index in [1.807, 2.05) is 31.3 Å². The van der Waals surface area contributed by atoms with E-state index in [1.54, 1.807) is 4.57 Å². The minimum atomic E-state index is 0.103. The highest BCUT2D eigenvalue weighted by Gasteiger charge is 2.30. The third-order valence-corrected chi connectivity index (χ3v) is 6.14. The van der Waals surface area contributed by atoms with Gasteiger partial charge in [0.25, 0.3) is 0 Å². The first-order valence-electron chi connectivity index (χ1n) is 8.49. The predicted octanol–water partition coefficient (Wildman–Crippen LogP) is 3.00. The Morgan fingerprint density at radius 3 is 2.85 bits per heavy atom. The molecule has 7 nitrogen and oxygen atoms in total. The van der Waals surface area contributed by atoms with E-state index >= 15 is 0 Å². The molecule has 1 amide bonds.